The van der Waals surface area contributed by atoms with Crippen LogP contribution in [0, 0.1) is 5.92 Å². The summed E-state index contributed by atoms with van der Waals surface area (Å²) < 4.78 is 0. The van der Waals surface area contributed by atoms with Crippen LogP contribution in [-0.2, 0) is 18.4 Å². The molecule has 26 heavy (non-hydrogen) atoms. The zero-order valence-electron chi connectivity index (χ0n) is 16.7. The maximum Gasteiger partial charge on any atom is 0.0790 e. The Kier molecular flexibility index (Phi) is 7.22. The van der Waals surface area contributed by atoms with Crippen molar-refractivity contribution in [2.24, 2.45) is 5.92 Å². The van der Waals surface area contributed by atoms with Crippen LogP contribution in [0.3, 0.4) is 0 Å². The highest BCUT2D eigenvalue weighted by atomic mass is 32.1. The summed E-state index contributed by atoms with van der Waals surface area (Å²) in [5.41, 5.74) is 5.30. The van der Waals surface area contributed by atoms with E-state index in [1.807, 2.05) is 7.05 Å². The van der Waals surface area contributed by atoms with Gasteiger partial charge in [0.15, 0.2) is 0 Å². The molecule has 1 atom stereocenters. The van der Waals surface area contributed by atoms with Crippen LogP contribution in [0.25, 0.3) is 0 Å². The van der Waals surface area contributed by atoms with Gasteiger partial charge in [0.05, 0.1) is 4.99 Å². The van der Waals surface area contributed by atoms with E-state index in [0.717, 1.165) is 30.1 Å². The highest BCUT2D eigenvalue weighted by Gasteiger charge is 2.16. The molecule has 2 nitrogen and oxygen atoms in total. The summed E-state index contributed by atoms with van der Waals surface area (Å²) in [4.78, 5) is 0.963. The number of nitrogens with one attached hydrogen (secondary N) is 2. The maximum atomic E-state index is 5.68. The van der Waals surface area contributed by atoms with E-state index in [1.165, 1.54) is 16.7 Å². The molecule has 0 bridgehead atoms. The van der Waals surface area contributed by atoms with Crippen molar-refractivity contribution in [2.45, 2.75) is 52.5 Å². The molecule has 2 rings (SSSR count). The average molecular weight is 369 g/mol. The van der Waals surface area contributed by atoms with Crippen LogP contribution in [0.1, 0.15) is 50.8 Å². The molecular formula is C23H32N2S. The Hall–Kier alpha value is -1.87. The van der Waals surface area contributed by atoms with E-state index in [4.69, 9.17) is 12.2 Å². The number of hydrogen-bond acceptors (Lipinski definition) is 2. The Morgan fingerprint density at radius 1 is 0.962 bits per heavy atom. The Morgan fingerprint density at radius 3 is 2.04 bits per heavy atom. The van der Waals surface area contributed by atoms with Crippen molar-refractivity contribution in [2.75, 3.05) is 12.4 Å². The lowest BCUT2D eigenvalue weighted by molar-refractivity contribution is 0.589. The van der Waals surface area contributed by atoms with Gasteiger partial charge >= 0.3 is 0 Å². The zero-order chi connectivity index (χ0) is 19.2. The minimum Gasteiger partial charge on any atom is -0.388 e. The van der Waals surface area contributed by atoms with Crippen molar-refractivity contribution in [1.29, 1.82) is 0 Å². The molecule has 0 aliphatic heterocycles. The lowest BCUT2D eigenvalue weighted by Crippen LogP contribution is -2.29. The first-order valence-electron chi connectivity index (χ1n) is 9.47. The van der Waals surface area contributed by atoms with E-state index in [0.29, 0.717) is 5.92 Å². The predicted octanol–water partition coefficient (Wildman–Crippen LogP) is 5.71. The smallest absolute Gasteiger partial charge is 0.0790 e. The van der Waals surface area contributed by atoms with Gasteiger partial charge in [-0.15, -0.1) is 0 Å². The number of rotatable bonds is 7. The van der Waals surface area contributed by atoms with E-state index < -0.39 is 0 Å². The van der Waals surface area contributed by atoms with Gasteiger partial charge in [-0.25, -0.2) is 0 Å². The highest BCUT2D eigenvalue weighted by Crippen LogP contribution is 2.23. The second kappa shape index (κ2) is 9.18. The molecule has 1 unspecified atom stereocenters. The maximum absolute atomic E-state index is 5.68. The number of thiocarbonyl (C=S) groups is 1. The third kappa shape index (κ3) is 5.84. The van der Waals surface area contributed by atoms with Gasteiger partial charge in [-0.2, -0.15) is 0 Å². The molecule has 0 aromatic heterocycles. The predicted molar refractivity (Wildman–Crippen MR) is 118 cm³/mol. The molecule has 0 aliphatic carbocycles. The van der Waals surface area contributed by atoms with Crippen LogP contribution in [0.4, 0.5) is 5.69 Å². The van der Waals surface area contributed by atoms with E-state index in [1.54, 1.807) is 0 Å². The molecule has 2 aromatic carbocycles. The average Bonchev–Trinajstić information content (AvgIpc) is 2.64. The van der Waals surface area contributed by atoms with Gasteiger partial charge < -0.3 is 10.6 Å². The van der Waals surface area contributed by atoms with Crippen molar-refractivity contribution in [3.05, 3.63) is 65.2 Å². The summed E-state index contributed by atoms with van der Waals surface area (Å²) in [7, 11) is 1.93. The molecular weight excluding hydrogens is 336 g/mol. The molecule has 0 amide bonds. The molecule has 0 saturated heterocycles. The molecule has 3 heteroatoms. The summed E-state index contributed by atoms with van der Waals surface area (Å²) in [6.45, 7) is 9.74. The van der Waals surface area contributed by atoms with Gasteiger partial charge in [-0.05, 0) is 47.1 Å². The first-order valence-corrected chi connectivity index (χ1v) is 9.88. The molecule has 0 heterocycles. The Bertz CT molecular complexity index is 696. The zero-order valence-corrected chi connectivity index (χ0v) is 17.5. The van der Waals surface area contributed by atoms with E-state index in [2.05, 4.69) is 86.9 Å². The summed E-state index contributed by atoms with van der Waals surface area (Å²) >= 11 is 5.68. The Balaban J connectivity index is 1.93. The van der Waals surface area contributed by atoms with Crippen LogP contribution in [0.15, 0.2) is 48.5 Å². The largest absolute Gasteiger partial charge is 0.388 e. The van der Waals surface area contributed by atoms with Gasteiger partial charge in [0.1, 0.15) is 0 Å². The molecule has 2 aromatic rings. The molecule has 140 valence electrons. The first-order chi connectivity index (χ1) is 12.3. The van der Waals surface area contributed by atoms with E-state index in [-0.39, 0.29) is 5.41 Å². The molecule has 0 saturated carbocycles. The van der Waals surface area contributed by atoms with Gasteiger partial charge in [-0.3, -0.25) is 0 Å². The van der Waals surface area contributed by atoms with Crippen LogP contribution in [-0.4, -0.2) is 12.0 Å². The monoisotopic (exact) mass is 368 g/mol. The van der Waals surface area contributed by atoms with Crippen LogP contribution >= 0.6 is 12.2 Å². The minimum absolute atomic E-state index is 0.197. The molecule has 0 radical (unpaired) electrons. The van der Waals surface area contributed by atoms with Crippen molar-refractivity contribution in [1.82, 2.24) is 5.32 Å². The summed E-state index contributed by atoms with van der Waals surface area (Å²) in [6.07, 6.45) is 2.04. The fraction of sp³-hybridized carbons (Fsp3) is 0.435. The lowest BCUT2D eigenvalue weighted by atomic mass is 9.86. The standard InChI is InChI=1S/C23H32N2S/c1-6-19(15-17-7-11-20(12-8-17)23(2,3)4)22(26)25-16-18-9-13-21(24-5)14-10-18/h7-14,19,24H,6,15-16H2,1-5H3,(H,25,26). The fourth-order valence-electron chi connectivity index (χ4n) is 2.97. The van der Waals surface area contributed by atoms with Crippen molar-refractivity contribution in [3.8, 4) is 0 Å². The third-order valence-corrected chi connectivity index (χ3v) is 5.35. The van der Waals surface area contributed by atoms with Gasteiger partial charge in [-0.1, -0.05) is 76.3 Å². The summed E-state index contributed by atoms with van der Waals surface area (Å²) in [6, 6.07) is 17.5. The van der Waals surface area contributed by atoms with Gasteiger partial charge in [0.25, 0.3) is 0 Å². The van der Waals surface area contributed by atoms with E-state index in [9.17, 15) is 0 Å². The van der Waals surface area contributed by atoms with Crippen molar-refractivity contribution >= 4 is 22.9 Å². The number of hydrogen-bond donors (Lipinski definition) is 2. The Labute approximate surface area is 164 Å². The highest BCUT2D eigenvalue weighted by molar-refractivity contribution is 7.80. The minimum atomic E-state index is 0.197. The fourth-order valence-corrected chi connectivity index (χ4v) is 3.29. The second-order valence-corrected chi connectivity index (χ2v) is 8.36. The van der Waals surface area contributed by atoms with Crippen LogP contribution < -0.4 is 10.6 Å². The quantitative estimate of drug-likeness (QED) is 0.612. The number of benzene rings is 2. The van der Waals surface area contributed by atoms with Crippen LogP contribution in [0.5, 0.6) is 0 Å². The van der Waals surface area contributed by atoms with Crippen molar-refractivity contribution < 1.29 is 0 Å². The number of anilines is 1. The Morgan fingerprint density at radius 2 is 1.54 bits per heavy atom. The SMILES string of the molecule is CCC(Cc1ccc(C(C)(C)C)cc1)C(=S)NCc1ccc(NC)cc1. The normalized spacial score (nSPS) is 12.5. The molecule has 2 N–H and O–H groups in total. The van der Waals surface area contributed by atoms with Crippen molar-refractivity contribution in [3.63, 3.8) is 0 Å². The summed E-state index contributed by atoms with van der Waals surface area (Å²) in [5.74, 6) is 0.377. The van der Waals surface area contributed by atoms with Gasteiger partial charge in [0.2, 0.25) is 0 Å². The third-order valence-electron chi connectivity index (χ3n) is 4.88. The molecule has 0 fully saturated rings. The second-order valence-electron chi connectivity index (χ2n) is 7.92. The first kappa shape index (κ1) is 20.4. The van der Waals surface area contributed by atoms with E-state index >= 15 is 0 Å². The molecule has 0 spiro atoms. The van der Waals surface area contributed by atoms with Gasteiger partial charge in [0, 0.05) is 25.2 Å². The molecule has 0 aliphatic rings. The summed E-state index contributed by atoms with van der Waals surface area (Å²) in [5, 5.41) is 6.59. The lowest BCUT2D eigenvalue weighted by Gasteiger charge is -2.21. The topological polar surface area (TPSA) is 24.1 Å². The van der Waals surface area contributed by atoms with Crippen LogP contribution in [0.2, 0.25) is 0 Å².